The highest BCUT2D eigenvalue weighted by molar-refractivity contribution is 5.72. The molecule has 0 amide bonds. The van der Waals surface area contributed by atoms with Crippen LogP contribution in [0, 0.1) is 11.8 Å². The number of carbonyl (C=O) groups is 1. The molecule has 0 aromatic heterocycles. The van der Waals surface area contributed by atoms with Crippen LogP contribution in [-0.4, -0.2) is 40.8 Å². The molecule has 1 aromatic carbocycles. The fourth-order valence-corrected chi connectivity index (χ4v) is 3.96. The Labute approximate surface area is 134 Å². The van der Waals surface area contributed by atoms with E-state index >= 15 is 0 Å². The molecule has 0 unspecified atom stereocenters. The predicted octanol–water partition coefficient (Wildman–Crippen LogP) is 1.24. The van der Waals surface area contributed by atoms with Crippen molar-refractivity contribution in [2.24, 2.45) is 11.8 Å². The lowest BCUT2D eigenvalue weighted by atomic mass is 9.87. The molecule has 5 atom stereocenters. The molecule has 3 aliphatic rings. The summed E-state index contributed by atoms with van der Waals surface area (Å²) in [5.41, 5.74) is 0. The minimum Gasteiger partial charge on any atom is -0.462 e. The van der Waals surface area contributed by atoms with Crippen molar-refractivity contribution in [2.45, 2.75) is 50.3 Å². The second-order valence-corrected chi connectivity index (χ2v) is 6.56. The summed E-state index contributed by atoms with van der Waals surface area (Å²) in [6.45, 7) is 0. The number of benzene rings is 1. The standard InChI is InChI=1S/C17H20O6/c18-11(17-22-13-3-1-2-4-14(13)23-17)6-5-9-10-7-16(20)21-15(10)8-12(9)19/h1-4,9-12,15,17-19H,5-8H2/t9-,10-,11+,12-,15+/m1/s1. The van der Waals surface area contributed by atoms with Crippen molar-refractivity contribution >= 4 is 5.97 Å². The number of fused-ring (bicyclic) bond motifs is 2. The highest BCUT2D eigenvalue weighted by atomic mass is 16.7. The first-order valence-corrected chi connectivity index (χ1v) is 8.10. The molecule has 2 heterocycles. The van der Waals surface area contributed by atoms with Crippen LogP contribution in [-0.2, 0) is 9.53 Å². The van der Waals surface area contributed by atoms with Crippen LogP contribution in [0.1, 0.15) is 25.7 Å². The zero-order valence-corrected chi connectivity index (χ0v) is 12.6. The first-order valence-electron chi connectivity index (χ1n) is 8.10. The molecule has 1 saturated carbocycles. The molecule has 0 spiro atoms. The number of hydrogen-bond acceptors (Lipinski definition) is 6. The van der Waals surface area contributed by atoms with Gasteiger partial charge in [-0.1, -0.05) is 12.1 Å². The van der Waals surface area contributed by atoms with Gasteiger partial charge in [-0.15, -0.1) is 0 Å². The third-order valence-electron chi connectivity index (χ3n) is 5.13. The number of aliphatic hydroxyl groups is 2. The zero-order valence-electron chi connectivity index (χ0n) is 12.6. The predicted molar refractivity (Wildman–Crippen MR) is 78.8 cm³/mol. The van der Waals surface area contributed by atoms with Gasteiger partial charge in [-0.2, -0.15) is 0 Å². The van der Waals surface area contributed by atoms with Gasteiger partial charge in [0, 0.05) is 12.3 Å². The van der Waals surface area contributed by atoms with Gasteiger partial charge < -0.3 is 24.4 Å². The summed E-state index contributed by atoms with van der Waals surface area (Å²) < 4.78 is 16.4. The van der Waals surface area contributed by atoms with Gasteiger partial charge in [0.15, 0.2) is 11.5 Å². The third-order valence-corrected chi connectivity index (χ3v) is 5.13. The Balaban J connectivity index is 1.34. The summed E-state index contributed by atoms with van der Waals surface area (Å²) in [5, 5.41) is 20.5. The fraction of sp³-hybridized carbons (Fsp3) is 0.588. The Bertz CT molecular complexity index is 578. The number of rotatable bonds is 4. The maximum absolute atomic E-state index is 11.4. The van der Waals surface area contributed by atoms with E-state index < -0.39 is 18.5 Å². The maximum Gasteiger partial charge on any atom is 0.306 e. The van der Waals surface area contributed by atoms with E-state index in [2.05, 4.69) is 0 Å². The van der Waals surface area contributed by atoms with Crippen molar-refractivity contribution in [3.8, 4) is 11.5 Å². The van der Waals surface area contributed by atoms with Gasteiger partial charge in [0.25, 0.3) is 6.29 Å². The summed E-state index contributed by atoms with van der Waals surface area (Å²) in [6.07, 6.45) is -0.230. The topological polar surface area (TPSA) is 85.2 Å². The van der Waals surface area contributed by atoms with Crippen LogP contribution in [0.5, 0.6) is 11.5 Å². The van der Waals surface area contributed by atoms with Gasteiger partial charge in [-0.25, -0.2) is 0 Å². The minimum absolute atomic E-state index is 0.0233. The Kier molecular flexibility index (Phi) is 3.66. The Morgan fingerprint density at radius 2 is 1.87 bits per heavy atom. The van der Waals surface area contributed by atoms with E-state index in [0.29, 0.717) is 37.2 Å². The number of para-hydroxylation sites is 2. The van der Waals surface area contributed by atoms with Crippen LogP contribution in [0.15, 0.2) is 24.3 Å². The average molecular weight is 320 g/mol. The smallest absolute Gasteiger partial charge is 0.306 e. The molecular weight excluding hydrogens is 300 g/mol. The molecule has 1 aromatic rings. The lowest BCUT2D eigenvalue weighted by molar-refractivity contribution is -0.141. The second-order valence-electron chi connectivity index (χ2n) is 6.56. The number of hydrogen-bond donors (Lipinski definition) is 2. The fourth-order valence-electron chi connectivity index (χ4n) is 3.96. The molecule has 2 aliphatic heterocycles. The first kappa shape index (κ1) is 14.8. The number of ether oxygens (including phenoxy) is 3. The normalized spacial score (nSPS) is 33.6. The maximum atomic E-state index is 11.4. The van der Waals surface area contributed by atoms with E-state index in [0.717, 1.165) is 0 Å². The summed E-state index contributed by atoms with van der Waals surface area (Å²) in [4.78, 5) is 11.4. The third kappa shape index (κ3) is 2.66. The molecule has 23 heavy (non-hydrogen) atoms. The summed E-state index contributed by atoms with van der Waals surface area (Å²) >= 11 is 0. The average Bonchev–Trinajstić information content (AvgIpc) is 3.17. The van der Waals surface area contributed by atoms with E-state index in [-0.39, 0.29) is 23.9 Å². The van der Waals surface area contributed by atoms with Crippen LogP contribution in [0.2, 0.25) is 0 Å². The molecule has 2 N–H and O–H groups in total. The molecule has 124 valence electrons. The van der Waals surface area contributed by atoms with E-state index in [4.69, 9.17) is 14.2 Å². The van der Waals surface area contributed by atoms with Gasteiger partial charge in [-0.05, 0) is 30.9 Å². The molecule has 2 fully saturated rings. The van der Waals surface area contributed by atoms with Crippen molar-refractivity contribution in [1.29, 1.82) is 0 Å². The molecule has 1 saturated heterocycles. The van der Waals surface area contributed by atoms with Crippen LogP contribution in [0.4, 0.5) is 0 Å². The monoisotopic (exact) mass is 320 g/mol. The molecular formula is C17H20O6. The number of carbonyl (C=O) groups excluding carboxylic acids is 1. The minimum atomic E-state index is -0.785. The van der Waals surface area contributed by atoms with Crippen molar-refractivity contribution in [3.05, 3.63) is 24.3 Å². The van der Waals surface area contributed by atoms with Gasteiger partial charge in [0.2, 0.25) is 0 Å². The number of aliphatic hydroxyl groups excluding tert-OH is 2. The van der Waals surface area contributed by atoms with E-state index in [1.807, 2.05) is 12.1 Å². The second kappa shape index (κ2) is 5.69. The highest BCUT2D eigenvalue weighted by Crippen LogP contribution is 2.44. The van der Waals surface area contributed by atoms with Crippen LogP contribution in [0.25, 0.3) is 0 Å². The zero-order chi connectivity index (χ0) is 16.0. The Hall–Kier alpha value is -1.79. The van der Waals surface area contributed by atoms with Crippen molar-refractivity contribution < 1.29 is 29.2 Å². The van der Waals surface area contributed by atoms with E-state index in [1.165, 1.54) is 0 Å². The van der Waals surface area contributed by atoms with E-state index in [9.17, 15) is 15.0 Å². The van der Waals surface area contributed by atoms with Crippen molar-refractivity contribution in [1.82, 2.24) is 0 Å². The molecule has 6 heteroatoms. The van der Waals surface area contributed by atoms with Gasteiger partial charge in [0.1, 0.15) is 12.2 Å². The Morgan fingerprint density at radius 3 is 2.57 bits per heavy atom. The van der Waals surface area contributed by atoms with E-state index in [1.54, 1.807) is 12.1 Å². The SMILES string of the molecule is O=C1C[C@@H]2[C@@H](CC[C@H](O)C3Oc4ccccc4O3)[C@H](O)C[C@@H]2O1. The molecule has 0 bridgehead atoms. The molecule has 4 rings (SSSR count). The van der Waals surface area contributed by atoms with Crippen molar-refractivity contribution in [2.75, 3.05) is 0 Å². The summed E-state index contributed by atoms with van der Waals surface area (Å²) in [7, 11) is 0. The first-order chi connectivity index (χ1) is 11.1. The highest BCUT2D eigenvalue weighted by Gasteiger charge is 2.49. The van der Waals surface area contributed by atoms with Crippen molar-refractivity contribution in [3.63, 3.8) is 0 Å². The van der Waals surface area contributed by atoms with Crippen LogP contribution in [0.3, 0.4) is 0 Å². The summed E-state index contributed by atoms with van der Waals surface area (Å²) in [6, 6.07) is 7.30. The number of esters is 1. The molecule has 1 aliphatic carbocycles. The van der Waals surface area contributed by atoms with Gasteiger partial charge in [-0.3, -0.25) is 4.79 Å². The van der Waals surface area contributed by atoms with Gasteiger partial charge >= 0.3 is 5.97 Å². The lowest BCUT2D eigenvalue weighted by Gasteiger charge is -2.22. The molecule has 6 nitrogen and oxygen atoms in total. The Morgan fingerprint density at radius 1 is 1.17 bits per heavy atom. The van der Waals surface area contributed by atoms with Gasteiger partial charge in [0.05, 0.1) is 12.5 Å². The lowest BCUT2D eigenvalue weighted by Crippen LogP contribution is -2.34. The van der Waals surface area contributed by atoms with Crippen LogP contribution < -0.4 is 9.47 Å². The summed E-state index contributed by atoms with van der Waals surface area (Å²) in [5.74, 6) is 1.12. The quantitative estimate of drug-likeness (QED) is 0.812. The van der Waals surface area contributed by atoms with Crippen LogP contribution >= 0.6 is 0 Å². The molecule has 0 radical (unpaired) electrons. The largest absolute Gasteiger partial charge is 0.462 e.